The first-order valence-corrected chi connectivity index (χ1v) is 16.3. The number of furan rings is 1. The second kappa shape index (κ2) is 10.2. The molecule has 5 nitrogen and oxygen atoms in total. The van der Waals surface area contributed by atoms with Crippen molar-refractivity contribution in [2.45, 2.75) is 64.7 Å². The average molecular weight is 618 g/mol. The van der Waals surface area contributed by atoms with Crippen LogP contribution in [-0.2, 0) is 16.2 Å². The highest BCUT2D eigenvalue weighted by atomic mass is 16.5. The van der Waals surface area contributed by atoms with Crippen molar-refractivity contribution in [3.63, 3.8) is 0 Å². The van der Waals surface area contributed by atoms with Gasteiger partial charge in [-0.3, -0.25) is 4.98 Å². The smallest absolute Gasteiger partial charge is 0.139 e. The highest BCUT2D eigenvalue weighted by Crippen LogP contribution is 2.51. The van der Waals surface area contributed by atoms with Crippen LogP contribution in [0.1, 0.15) is 65.3 Å². The van der Waals surface area contributed by atoms with Crippen LogP contribution in [0.3, 0.4) is 0 Å². The van der Waals surface area contributed by atoms with Crippen LogP contribution in [0.4, 0.5) is 0 Å². The molecule has 0 unspecified atom stereocenters. The van der Waals surface area contributed by atoms with E-state index in [1.54, 1.807) is 0 Å². The third-order valence-corrected chi connectivity index (χ3v) is 10.5. The lowest BCUT2D eigenvalue weighted by Crippen LogP contribution is -2.45. The zero-order valence-electron chi connectivity index (χ0n) is 28.1. The molecule has 3 aromatic heterocycles. The van der Waals surface area contributed by atoms with Crippen molar-refractivity contribution in [3.8, 4) is 39.7 Å². The van der Waals surface area contributed by atoms with Gasteiger partial charge in [0.1, 0.15) is 22.7 Å². The minimum Gasteiger partial charge on any atom is -0.457 e. The Morgan fingerprint density at radius 2 is 1.34 bits per heavy atom. The summed E-state index contributed by atoms with van der Waals surface area (Å²) in [6.07, 6.45) is 1.92. The number of pyridine rings is 1. The number of para-hydroxylation sites is 1. The van der Waals surface area contributed by atoms with E-state index in [4.69, 9.17) is 19.2 Å². The zero-order valence-corrected chi connectivity index (χ0v) is 28.1. The van der Waals surface area contributed by atoms with Gasteiger partial charge < -0.3 is 9.15 Å². The summed E-state index contributed by atoms with van der Waals surface area (Å²) in [6.45, 7) is 16.0. The van der Waals surface area contributed by atoms with E-state index in [1.807, 2.05) is 36.5 Å². The third-order valence-electron chi connectivity index (χ3n) is 10.5. The first-order chi connectivity index (χ1) is 22.4. The van der Waals surface area contributed by atoms with Crippen molar-refractivity contribution >= 4 is 21.9 Å². The average Bonchev–Trinajstić information content (AvgIpc) is 3.66. The normalized spacial score (nSPS) is 15.0. The minimum atomic E-state index is -0.195. The Morgan fingerprint density at radius 3 is 2.13 bits per heavy atom. The molecule has 234 valence electrons. The van der Waals surface area contributed by atoms with Gasteiger partial charge >= 0.3 is 0 Å². The predicted octanol–water partition coefficient (Wildman–Crippen LogP) is 11.2. The monoisotopic (exact) mass is 617 g/mol. The molecule has 5 heteroatoms. The molecule has 0 spiro atoms. The summed E-state index contributed by atoms with van der Waals surface area (Å²) in [5.41, 5.74) is 10.1. The summed E-state index contributed by atoms with van der Waals surface area (Å²) in [5, 5.41) is 7.50. The molecule has 4 aromatic carbocycles. The number of aromatic nitrogens is 3. The van der Waals surface area contributed by atoms with Gasteiger partial charge in [0, 0.05) is 51.1 Å². The first kappa shape index (κ1) is 29.3. The van der Waals surface area contributed by atoms with Crippen molar-refractivity contribution in [1.29, 1.82) is 0 Å². The third kappa shape index (κ3) is 4.59. The summed E-state index contributed by atoms with van der Waals surface area (Å²) in [4.78, 5) is 4.80. The number of hydrogen-bond donors (Lipinski definition) is 0. The molecule has 7 aromatic rings. The van der Waals surface area contributed by atoms with E-state index in [2.05, 4.69) is 126 Å². The van der Waals surface area contributed by atoms with Gasteiger partial charge in [0.15, 0.2) is 0 Å². The van der Waals surface area contributed by atoms with Gasteiger partial charge in [0.05, 0.1) is 22.8 Å². The molecule has 0 saturated carbocycles. The van der Waals surface area contributed by atoms with Crippen molar-refractivity contribution in [1.82, 2.24) is 14.8 Å². The molecular formula is C42H39N3O2. The molecule has 0 radical (unpaired) electrons. The molecule has 0 saturated heterocycles. The molecule has 4 heterocycles. The van der Waals surface area contributed by atoms with Crippen molar-refractivity contribution < 1.29 is 9.15 Å². The molecule has 0 aliphatic carbocycles. The largest absolute Gasteiger partial charge is 0.457 e. The fraction of sp³-hybridized carbons (Fsp3) is 0.238. The number of hydrogen-bond acceptors (Lipinski definition) is 4. The van der Waals surface area contributed by atoms with Crippen molar-refractivity contribution in [3.05, 3.63) is 126 Å². The molecule has 0 N–H and O–H groups in total. The van der Waals surface area contributed by atoms with Gasteiger partial charge in [-0.15, -0.1) is 0 Å². The van der Waals surface area contributed by atoms with E-state index in [0.717, 1.165) is 67.3 Å². The second-order valence-electron chi connectivity index (χ2n) is 14.8. The standard InChI is InChI=1S/C42H39N3O2/c1-40(2,3)26-20-21-43-34(22-26)29-12-8-9-13-30(29)35-25-39-42(6,7)41(4,5)33-19-17-27(23-36(33)45(39)44-35)46-28-16-18-32-31-14-10-11-15-37(31)47-38(32)24-28/h8-25H,1-7H3. The Labute approximate surface area is 275 Å². The van der Waals surface area contributed by atoms with Crippen LogP contribution in [0.25, 0.3) is 50.1 Å². The maximum atomic E-state index is 6.48. The molecule has 0 fully saturated rings. The highest BCUT2D eigenvalue weighted by Gasteiger charge is 2.47. The molecular weight excluding hydrogens is 578 g/mol. The SMILES string of the molecule is CC(C)(C)c1ccnc(-c2ccccc2-c2cc3n(n2)-c2cc(Oc4ccc5c(c4)oc4ccccc45)ccc2C(C)(C)C3(C)C)c1. The van der Waals surface area contributed by atoms with Crippen LogP contribution in [0.15, 0.2) is 114 Å². The van der Waals surface area contributed by atoms with Gasteiger partial charge in [-0.1, -0.05) is 97.0 Å². The zero-order chi connectivity index (χ0) is 32.7. The summed E-state index contributed by atoms with van der Waals surface area (Å²) < 4.78 is 14.7. The van der Waals surface area contributed by atoms with Crippen LogP contribution < -0.4 is 4.74 Å². The molecule has 0 amide bonds. The lowest BCUT2D eigenvalue weighted by atomic mass is 9.60. The van der Waals surface area contributed by atoms with Crippen molar-refractivity contribution in [2.24, 2.45) is 0 Å². The lowest BCUT2D eigenvalue weighted by molar-refractivity contribution is 0.275. The second-order valence-corrected chi connectivity index (χ2v) is 14.8. The van der Waals surface area contributed by atoms with E-state index in [1.165, 1.54) is 11.1 Å². The highest BCUT2D eigenvalue weighted by molar-refractivity contribution is 6.05. The molecule has 1 aliphatic heterocycles. The van der Waals surface area contributed by atoms with E-state index in [0.29, 0.717) is 0 Å². The maximum absolute atomic E-state index is 6.48. The van der Waals surface area contributed by atoms with Crippen LogP contribution >= 0.6 is 0 Å². The lowest BCUT2D eigenvalue weighted by Gasteiger charge is -2.46. The number of fused-ring (bicyclic) bond motifs is 6. The van der Waals surface area contributed by atoms with Crippen molar-refractivity contribution in [2.75, 3.05) is 0 Å². The quantitative estimate of drug-likeness (QED) is 0.197. The Hall–Kier alpha value is -5.16. The fourth-order valence-electron chi connectivity index (χ4n) is 6.96. The Balaban J connectivity index is 1.22. The minimum absolute atomic E-state index is 0.0248. The Bertz CT molecular complexity index is 2330. The van der Waals surface area contributed by atoms with E-state index in [9.17, 15) is 0 Å². The van der Waals surface area contributed by atoms with Crippen LogP contribution in [0.5, 0.6) is 11.5 Å². The van der Waals surface area contributed by atoms with Crippen LogP contribution in [0, 0.1) is 0 Å². The summed E-state index contributed by atoms with van der Waals surface area (Å²) >= 11 is 0. The fourth-order valence-corrected chi connectivity index (χ4v) is 6.96. The number of rotatable bonds is 4. The predicted molar refractivity (Wildman–Crippen MR) is 191 cm³/mol. The Kier molecular flexibility index (Phi) is 6.33. The van der Waals surface area contributed by atoms with Crippen LogP contribution in [-0.4, -0.2) is 14.8 Å². The number of nitrogens with zero attached hydrogens (tertiary/aromatic N) is 3. The van der Waals surface area contributed by atoms with E-state index in [-0.39, 0.29) is 16.2 Å². The maximum Gasteiger partial charge on any atom is 0.139 e. The topological polar surface area (TPSA) is 53.1 Å². The van der Waals surface area contributed by atoms with Gasteiger partial charge in [-0.2, -0.15) is 5.10 Å². The summed E-state index contributed by atoms with van der Waals surface area (Å²) in [5.74, 6) is 1.48. The molecule has 0 atom stereocenters. The van der Waals surface area contributed by atoms with Gasteiger partial charge in [-0.25, -0.2) is 4.68 Å². The Morgan fingerprint density at radius 1 is 0.660 bits per heavy atom. The molecule has 8 rings (SSSR count). The molecule has 47 heavy (non-hydrogen) atoms. The van der Waals surface area contributed by atoms with Gasteiger partial charge in [0.25, 0.3) is 0 Å². The summed E-state index contributed by atoms with van der Waals surface area (Å²) in [7, 11) is 0. The van der Waals surface area contributed by atoms with Gasteiger partial charge in [0.2, 0.25) is 0 Å². The molecule has 0 bridgehead atoms. The number of benzene rings is 4. The van der Waals surface area contributed by atoms with E-state index < -0.39 is 0 Å². The summed E-state index contributed by atoms with van der Waals surface area (Å²) in [6, 6.07) is 35.6. The van der Waals surface area contributed by atoms with E-state index >= 15 is 0 Å². The first-order valence-electron chi connectivity index (χ1n) is 16.3. The van der Waals surface area contributed by atoms with Crippen LogP contribution in [0.2, 0.25) is 0 Å². The molecule has 1 aliphatic rings. The van der Waals surface area contributed by atoms with Gasteiger partial charge in [-0.05, 0) is 59.0 Å². The number of ether oxygens (including phenoxy) is 1.